The van der Waals surface area contributed by atoms with Crippen LogP contribution in [-0.4, -0.2) is 19.5 Å². The summed E-state index contributed by atoms with van der Waals surface area (Å²) in [6.45, 7) is 13.3. The molecule has 274 valence electrons. The van der Waals surface area contributed by atoms with Crippen LogP contribution in [-0.2, 0) is 17.0 Å². The Hall–Kier alpha value is -6.08. The van der Waals surface area contributed by atoms with Crippen molar-refractivity contribution < 1.29 is 13.2 Å². The molecule has 0 fully saturated rings. The zero-order chi connectivity index (χ0) is 38.7. The second kappa shape index (κ2) is 13.3. The lowest BCUT2D eigenvalue weighted by Gasteiger charge is -2.20. The first-order chi connectivity index (χ1) is 26.1. The predicted octanol–water partition coefficient (Wildman–Crippen LogP) is 13.3. The zero-order valence-corrected chi connectivity index (χ0v) is 31.7. The summed E-state index contributed by atoms with van der Waals surface area (Å²) in [5, 5.41) is 2.27. The molecule has 4 nitrogen and oxygen atoms in total. The van der Waals surface area contributed by atoms with Crippen LogP contribution < -0.4 is 0 Å². The molecule has 0 aliphatic carbocycles. The van der Waals surface area contributed by atoms with E-state index in [-0.39, 0.29) is 10.8 Å². The molecular formula is C48H41F3N4. The number of hydrogen-bond acceptors (Lipinski definition) is 3. The Morgan fingerprint density at radius 3 is 1.33 bits per heavy atom. The lowest BCUT2D eigenvalue weighted by molar-refractivity contribution is -0.137. The molecule has 0 unspecified atom stereocenters. The van der Waals surface area contributed by atoms with Crippen molar-refractivity contribution in [2.45, 2.75) is 58.5 Å². The van der Waals surface area contributed by atoms with Crippen molar-refractivity contribution in [1.82, 2.24) is 19.5 Å². The minimum Gasteiger partial charge on any atom is -0.309 e. The normalized spacial score (nSPS) is 12.5. The molecule has 8 rings (SSSR count). The van der Waals surface area contributed by atoms with Gasteiger partial charge in [0.1, 0.15) is 0 Å². The van der Waals surface area contributed by atoms with Crippen LogP contribution in [0.1, 0.15) is 58.2 Å². The molecule has 7 heteroatoms. The van der Waals surface area contributed by atoms with Gasteiger partial charge in [-0.3, -0.25) is 0 Å². The fraction of sp³-hybridized carbons (Fsp3) is 0.188. The average molecular weight is 731 g/mol. The summed E-state index contributed by atoms with van der Waals surface area (Å²) in [6.07, 6.45) is -4.46. The van der Waals surface area contributed by atoms with Crippen molar-refractivity contribution in [2.75, 3.05) is 0 Å². The van der Waals surface area contributed by atoms with Crippen LogP contribution in [0.15, 0.2) is 140 Å². The van der Waals surface area contributed by atoms with E-state index in [4.69, 9.17) is 15.0 Å². The summed E-state index contributed by atoms with van der Waals surface area (Å²) in [4.78, 5) is 15.0. The molecule has 55 heavy (non-hydrogen) atoms. The van der Waals surface area contributed by atoms with Crippen LogP contribution in [0.2, 0.25) is 0 Å². The van der Waals surface area contributed by atoms with Gasteiger partial charge in [-0.25, -0.2) is 15.0 Å². The lowest BCUT2D eigenvalue weighted by Crippen LogP contribution is -2.11. The van der Waals surface area contributed by atoms with Gasteiger partial charge >= 0.3 is 6.18 Å². The van der Waals surface area contributed by atoms with Crippen LogP contribution in [0, 0.1) is 0 Å². The van der Waals surface area contributed by atoms with E-state index in [2.05, 4.69) is 88.6 Å². The maximum Gasteiger partial charge on any atom is 0.416 e. The number of halogens is 3. The summed E-state index contributed by atoms with van der Waals surface area (Å²) in [7, 11) is 0. The Labute approximate surface area is 319 Å². The van der Waals surface area contributed by atoms with E-state index in [1.54, 1.807) is 0 Å². The number of benzene rings is 6. The maximum atomic E-state index is 13.7. The number of alkyl halides is 3. The second-order valence-corrected chi connectivity index (χ2v) is 16.1. The molecule has 0 atom stereocenters. The van der Waals surface area contributed by atoms with Gasteiger partial charge < -0.3 is 4.57 Å². The monoisotopic (exact) mass is 730 g/mol. The molecule has 0 aliphatic heterocycles. The molecule has 0 aliphatic rings. The number of aromatic nitrogens is 4. The predicted molar refractivity (Wildman–Crippen MR) is 218 cm³/mol. The minimum atomic E-state index is -4.46. The highest BCUT2D eigenvalue weighted by Gasteiger charge is 2.30. The van der Waals surface area contributed by atoms with Gasteiger partial charge in [-0.05, 0) is 69.5 Å². The van der Waals surface area contributed by atoms with E-state index < -0.39 is 11.7 Å². The summed E-state index contributed by atoms with van der Waals surface area (Å²) in [6, 6.07) is 44.3. The molecule has 0 bridgehead atoms. The molecule has 2 heterocycles. The summed E-state index contributed by atoms with van der Waals surface area (Å²) < 4.78 is 43.4. The van der Waals surface area contributed by atoms with Crippen molar-refractivity contribution in [1.29, 1.82) is 0 Å². The third-order valence-corrected chi connectivity index (χ3v) is 10.2. The first kappa shape index (κ1) is 35.9. The Morgan fingerprint density at radius 2 is 0.873 bits per heavy atom. The van der Waals surface area contributed by atoms with Crippen molar-refractivity contribution in [2.24, 2.45) is 0 Å². The van der Waals surface area contributed by atoms with Gasteiger partial charge in [0.15, 0.2) is 17.5 Å². The highest BCUT2D eigenvalue weighted by molar-refractivity contribution is 6.10. The van der Waals surface area contributed by atoms with E-state index in [0.29, 0.717) is 34.2 Å². The van der Waals surface area contributed by atoms with Crippen molar-refractivity contribution in [3.63, 3.8) is 0 Å². The van der Waals surface area contributed by atoms with E-state index >= 15 is 0 Å². The van der Waals surface area contributed by atoms with E-state index in [1.165, 1.54) is 23.3 Å². The molecule has 6 aromatic carbocycles. The Bertz CT molecular complexity index is 2550. The average Bonchev–Trinajstić information content (AvgIpc) is 3.50. The molecule has 0 amide bonds. The van der Waals surface area contributed by atoms with Gasteiger partial charge in [0, 0.05) is 33.2 Å². The summed E-state index contributed by atoms with van der Waals surface area (Å²) in [5.41, 5.74) is 8.17. The molecule has 2 aromatic heterocycles. The third kappa shape index (κ3) is 6.91. The van der Waals surface area contributed by atoms with E-state index in [1.807, 2.05) is 72.8 Å². The first-order valence-electron chi connectivity index (χ1n) is 18.4. The van der Waals surface area contributed by atoms with Gasteiger partial charge in [-0.2, -0.15) is 13.2 Å². The van der Waals surface area contributed by atoms with Gasteiger partial charge in [0.05, 0.1) is 16.6 Å². The largest absolute Gasteiger partial charge is 0.416 e. The van der Waals surface area contributed by atoms with Crippen LogP contribution in [0.5, 0.6) is 0 Å². The number of fused-ring (bicyclic) bond motifs is 3. The van der Waals surface area contributed by atoms with Gasteiger partial charge in [-0.1, -0.05) is 145 Å². The van der Waals surface area contributed by atoms with Crippen molar-refractivity contribution >= 4 is 21.8 Å². The molecule has 0 saturated carbocycles. The van der Waals surface area contributed by atoms with Gasteiger partial charge in [0.2, 0.25) is 0 Å². The molecule has 0 saturated heterocycles. The maximum absolute atomic E-state index is 13.7. The molecule has 0 N–H and O–H groups in total. The minimum absolute atomic E-state index is 0.0871. The van der Waals surface area contributed by atoms with Gasteiger partial charge in [-0.15, -0.1) is 0 Å². The van der Waals surface area contributed by atoms with Crippen LogP contribution in [0.25, 0.3) is 72.8 Å². The zero-order valence-electron chi connectivity index (χ0n) is 31.7. The molecule has 0 spiro atoms. The number of hydrogen-bond donors (Lipinski definition) is 0. The van der Waals surface area contributed by atoms with Crippen molar-refractivity contribution in [3.05, 3.63) is 156 Å². The summed E-state index contributed by atoms with van der Waals surface area (Å²) >= 11 is 0. The smallest absolute Gasteiger partial charge is 0.309 e. The Balaban J connectivity index is 1.45. The number of rotatable bonds is 5. The highest BCUT2D eigenvalue weighted by atomic mass is 19.4. The third-order valence-electron chi connectivity index (χ3n) is 10.2. The number of nitrogens with zero attached hydrogens (tertiary/aromatic N) is 4. The second-order valence-electron chi connectivity index (χ2n) is 16.1. The molecular weight excluding hydrogens is 690 g/mol. The van der Waals surface area contributed by atoms with Crippen molar-refractivity contribution in [3.8, 4) is 51.0 Å². The van der Waals surface area contributed by atoms with Crippen LogP contribution in [0.3, 0.4) is 0 Å². The molecule has 0 radical (unpaired) electrons. The molecule has 8 aromatic rings. The standard InChI is InChI=1S/C48H41F3N4/c1-46(2,3)34-21-24-38-39-25-22-35(47(4,5)6)28-42(39)55(41(38)27-34)36-23-26-37(30-17-19-33(20-18-30)48(49,50)51)40(29-36)45-53-43(31-13-9-7-10-14-31)52-44(54-45)32-15-11-8-12-16-32/h7-29H,1-6H3. The van der Waals surface area contributed by atoms with Gasteiger partial charge in [0.25, 0.3) is 0 Å². The quantitative estimate of drug-likeness (QED) is 0.177. The Kier molecular flexibility index (Phi) is 8.71. The highest BCUT2D eigenvalue weighted by Crippen LogP contribution is 2.41. The van der Waals surface area contributed by atoms with E-state index in [0.717, 1.165) is 50.8 Å². The lowest BCUT2D eigenvalue weighted by atomic mass is 9.86. The Morgan fingerprint density at radius 1 is 0.418 bits per heavy atom. The van der Waals surface area contributed by atoms with E-state index in [9.17, 15) is 13.2 Å². The van der Waals surface area contributed by atoms with Crippen LogP contribution >= 0.6 is 0 Å². The SMILES string of the molecule is CC(C)(C)c1ccc2c3ccc(C(C)(C)C)cc3n(-c3ccc(-c4ccc(C(F)(F)F)cc4)c(-c4nc(-c5ccccc5)nc(-c5ccccc5)n4)c3)c2c1. The first-order valence-corrected chi connectivity index (χ1v) is 18.4. The fourth-order valence-electron chi connectivity index (χ4n) is 7.11. The van der Waals surface area contributed by atoms with Crippen LogP contribution in [0.4, 0.5) is 13.2 Å². The topological polar surface area (TPSA) is 43.6 Å². The fourth-order valence-corrected chi connectivity index (χ4v) is 7.11. The summed E-state index contributed by atoms with van der Waals surface area (Å²) in [5.74, 6) is 1.40.